The Morgan fingerprint density at radius 1 is 0.281 bits per heavy atom. The third-order valence-electron chi connectivity index (χ3n) is 9.39. The van der Waals surface area contributed by atoms with Crippen molar-refractivity contribution in [3.63, 3.8) is 0 Å². The van der Waals surface area contributed by atoms with Gasteiger partial charge in [-0.25, -0.2) is 0 Å². The van der Waals surface area contributed by atoms with Crippen LogP contribution in [0.1, 0.15) is 46.6 Å². The zero-order valence-corrected chi connectivity index (χ0v) is 28.4. The Balaban J connectivity index is 1.28. The molecule has 0 saturated heterocycles. The Morgan fingerprint density at radius 2 is 0.737 bits per heavy atom. The van der Waals surface area contributed by atoms with Crippen molar-refractivity contribution in [1.82, 2.24) is 13.7 Å². The second-order valence-corrected chi connectivity index (χ2v) is 12.4. The maximum absolute atomic E-state index is 9.97. The van der Waals surface area contributed by atoms with Gasteiger partial charge in [0.15, 0.2) is 0 Å². The molecule has 0 N–H and O–H groups in total. The summed E-state index contributed by atoms with van der Waals surface area (Å²) in [4.78, 5) is 0. The third-order valence-corrected chi connectivity index (χ3v) is 9.39. The van der Waals surface area contributed by atoms with Crippen molar-refractivity contribution in [3.05, 3.63) is 212 Å². The average molecular weight is 760 g/mol. The van der Waals surface area contributed by atoms with Crippen LogP contribution in [0.25, 0.3) is 105 Å². The molecule has 0 aliphatic rings. The molecule has 3 heteroatoms. The molecule has 12 rings (SSSR count). The lowest BCUT2D eigenvalue weighted by Crippen LogP contribution is -1.97. The molecular weight excluding hydrogens is 691 g/mol. The molecule has 0 unspecified atom stereocenters. The first-order valence-corrected chi connectivity index (χ1v) is 16.8. The van der Waals surface area contributed by atoms with E-state index in [9.17, 15) is 21.9 Å². The highest BCUT2D eigenvalue weighted by atomic mass is 15.0. The molecule has 12 aromatic rings. The predicted molar refractivity (Wildman–Crippen MR) is 240 cm³/mol. The number of hydrogen-bond acceptors (Lipinski definition) is 0. The normalized spacial score (nSPS) is 20.2. The van der Waals surface area contributed by atoms with E-state index in [1.54, 1.807) is 0 Å². The van der Waals surface area contributed by atoms with Crippen LogP contribution in [0.4, 0.5) is 0 Å². The first-order chi connectivity index (χ1) is 42.4. The van der Waals surface area contributed by atoms with Crippen LogP contribution in [0, 0.1) is 0 Å². The molecule has 0 saturated carbocycles. The SMILES string of the molecule is [2H]c1c([2H])c([2H])c(-c2c([2H])c([2H])c([2H])c(-c3c([2H])c([2H])c([2H])c(-n4c5c([2H])c([2H])c(-n6c7c([2H])c([2H])c([2H])c([2H])c7c7c(-n8c9c([2H])c([2H])c([2H])c([2H])c9c9c([2H])c([2H])c([2H])c([2H])c98)c([2H])c([2H])c([2H])c76)cc5c5c([2H])c([2H])c([2H])c([2H])c54)c3[2H])c2[2H])c([2H])c1[2H]. The second-order valence-electron chi connectivity index (χ2n) is 12.4. The summed E-state index contributed by atoms with van der Waals surface area (Å²) in [6, 6.07) is -31.9. The quantitative estimate of drug-likeness (QED) is 0.166. The van der Waals surface area contributed by atoms with Crippen molar-refractivity contribution in [2.45, 2.75) is 0 Å². The highest BCUT2D eigenvalue weighted by Gasteiger charge is 2.20. The molecule has 0 aliphatic heterocycles. The summed E-state index contributed by atoms with van der Waals surface area (Å²) < 4.78 is 311. The molecule has 3 heterocycles. The molecule has 266 valence electrons. The van der Waals surface area contributed by atoms with Gasteiger partial charge in [-0.1, -0.05) is 139 Å². The zero-order chi connectivity index (χ0) is 67.0. The van der Waals surface area contributed by atoms with Crippen molar-refractivity contribution in [1.29, 1.82) is 0 Å². The van der Waals surface area contributed by atoms with E-state index in [-0.39, 0.29) is 0 Å². The maximum atomic E-state index is 9.97. The number of hydrogen-bond donors (Lipinski definition) is 0. The highest BCUT2D eigenvalue weighted by molar-refractivity contribution is 6.17. The van der Waals surface area contributed by atoms with Crippen LogP contribution in [0.2, 0.25) is 0 Å². The van der Waals surface area contributed by atoms with Gasteiger partial charge in [0.25, 0.3) is 0 Å². The number of benzene rings is 9. The minimum absolute atomic E-state index is 0.502. The van der Waals surface area contributed by atoms with Crippen molar-refractivity contribution >= 4 is 65.4 Å². The molecule has 9 aromatic carbocycles. The first-order valence-electron chi connectivity index (χ1n) is 33.8. The molecular formula is C54H35N3. The average Bonchev–Trinajstić information content (AvgIpc) is 1.54. The summed E-state index contributed by atoms with van der Waals surface area (Å²) in [6.45, 7) is 0. The largest absolute Gasteiger partial charge is 0.309 e. The molecule has 57 heavy (non-hydrogen) atoms. The van der Waals surface area contributed by atoms with Gasteiger partial charge in [0.2, 0.25) is 0 Å². The van der Waals surface area contributed by atoms with Crippen LogP contribution >= 0.6 is 0 Å². The predicted octanol–water partition coefficient (Wildman–Crippen LogP) is 14.3. The van der Waals surface area contributed by atoms with Gasteiger partial charge in [-0.3, -0.25) is 0 Å². The van der Waals surface area contributed by atoms with E-state index < -0.39 is 310 Å². The summed E-state index contributed by atoms with van der Waals surface area (Å²) in [7, 11) is 0. The standard InChI is InChI=1S/C54H35N3/c1-2-15-36(16-3-1)37-17-12-18-38(33-37)39-19-13-20-40(34-39)55-47-25-8-6-23-44(47)46-35-41(31-32-51(46)55)56-50-28-11-7-24-45(50)54-52(56)29-14-30-53(54)57-48-26-9-4-21-42(48)43-22-5-10-27-49(43)57/h1-35H/i1D,2D,3D,4D,5D,6D,7D,8D,9D,10D,11D,12D,13D,14D,15D,16D,17D,18D,19D,20D,21D,22D,23D,24D,25D,26D,27D,28D,29D,30D,31D,32D,33D,34D. The van der Waals surface area contributed by atoms with E-state index in [1.807, 2.05) is 0 Å². The highest BCUT2D eigenvalue weighted by Crippen LogP contribution is 2.41. The van der Waals surface area contributed by atoms with E-state index in [0.29, 0.717) is 4.57 Å². The fraction of sp³-hybridized carbons (Fsp3) is 0. The van der Waals surface area contributed by atoms with Crippen LogP contribution in [0.15, 0.2) is 212 Å². The second kappa shape index (κ2) is 12.5. The van der Waals surface area contributed by atoms with Crippen LogP contribution in [-0.2, 0) is 0 Å². The smallest absolute Gasteiger partial charge is 0.0651 e. The van der Waals surface area contributed by atoms with Crippen molar-refractivity contribution in [2.75, 3.05) is 0 Å². The summed E-state index contributed by atoms with van der Waals surface area (Å²) in [5, 5.41) is -3.33. The molecule has 0 atom stereocenters. The van der Waals surface area contributed by atoms with Crippen LogP contribution in [0.3, 0.4) is 0 Å². The Bertz CT molecular complexity index is 5420. The minimum atomic E-state index is -1.13. The van der Waals surface area contributed by atoms with Crippen LogP contribution in [-0.4, -0.2) is 13.7 Å². The van der Waals surface area contributed by atoms with E-state index in [0.717, 1.165) is 15.2 Å². The Morgan fingerprint density at radius 3 is 1.44 bits per heavy atom. The molecule has 3 nitrogen and oxygen atoms in total. The van der Waals surface area contributed by atoms with Crippen molar-refractivity contribution in [2.24, 2.45) is 0 Å². The maximum Gasteiger partial charge on any atom is 0.0651 e. The molecule has 0 radical (unpaired) electrons. The fourth-order valence-electron chi connectivity index (χ4n) is 7.07. The minimum Gasteiger partial charge on any atom is -0.309 e. The van der Waals surface area contributed by atoms with E-state index in [1.165, 1.54) is 0 Å². The monoisotopic (exact) mass is 759 g/mol. The number of nitrogens with zero attached hydrogens (tertiary/aromatic N) is 3. The number of para-hydroxylation sites is 4. The topological polar surface area (TPSA) is 14.8 Å². The summed E-state index contributed by atoms with van der Waals surface area (Å²) in [5.41, 5.74) is -9.82. The Kier molecular flexibility index (Phi) is 2.84. The van der Waals surface area contributed by atoms with E-state index in [4.69, 9.17) is 24.7 Å². The van der Waals surface area contributed by atoms with Crippen molar-refractivity contribution < 1.29 is 46.6 Å². The zero-order valence-electron chi connectivity index (χ0n) is 62.4. The summed E-state index contributed by atoms with van der Waals surface area (Å²) in [5.74, 6) is 0. The van der Waals surface area contributed by atoms with Gasteiger partial charge < -0.3 is 13.7 Å². The lowest BCUT2D eigenvalue weighted by atomic mass is 9.99. The van der Waals surface area contributed by atoms with Gasteiger partial charge in [0.1, 0.15) is 0 Å². The van der Waals surface area contributed by atoms with Gasteiger partial charge >= 0.3 is 0 Å². The molecule has 0 spiro atoms. The molecule has 3 aromatic heterocycles. The van der Waals surface area contributed by atoms with Crippen molar-refractivity contribution in [3.8, 4) is 39.3 Å². The summed E-state index contributed by atoms with van der Waals surface area (Å²) >= 11 is 0. The van der Waals surface area contributed by atoms with Gasteiger partial charge in [0.05, 0.1) is 85.4 Å². The Hall–Kier alpha value is -7.62. The third kappa shape index (κ3) is 4.79. The molecule has 0 bridgehead atoms. The number of rotatable bonds is 5. The molecule has 0 aliphatic carbocycles. The van der Waals surface area contributed by atoms with Gasteiger partial charge in [-0.15, -0.1) is 0 Å². The lowest BCUT2D eigenvalue weighted by molar-refractivity contribution is 1.16. The van der Waals surface area contributed by atoms with Crippen LogP contribution in [0.5, 0.6) is 0 Å². The first kappa shape index (κ1) is 13.0. The number of fused-ring (bicyclic) bond motifs is 9. The van der Waals surface area contributed by atoms with E-state index in [2.05, 4.69) is 0 Å². The molecule has 0 fully saturated rings. The number of aromatic nitrogens is 3. The van der Waals surface area contributed by atoms with Gasteiger partial charge in [-0.05, 0) is 94.8 Å². The molecule has 0 amide bonds. The van der Waals surface area contributed by atoms with Gasteiger partial charge in [0, 0.05) is 43.7 Å². The summed E-state index contributed by atoms with van der Waals surface area (Å²) in [6.07, 6.45) is 0. The van der Waals surface area contributed by atoms with Crippen LogP contribution < -0.4 is 0 Å². The van der Waals surface area contributed by atoms with E-state index >= 15 is 0 Å². The Labute approximate surface area is 377 Å². The fourth-order valence-corrected chi connectivity index (χ4v) is 7.07. The lowest BCUT2D eigenvalue weighted by Gasteiger charge is -2.13. The van der Waals surface area contributed by atoms with Gasteiger partial charge in [-0.2, -0.15) is 0 Å².